The van der Waals surface area contributed by atoms with E-state index < -0.39 is 23.2 Å². The molecule has 2 rings (SSSR count). The molecule has 1 saturated carbocycles. The minimum absolute atomic E-state index is 0.0545. The normalized spacial score (nSPS) is 17.3. The van der Waals surface area contributed by atoms with Gasteiger partial charge in [-0.05, 0) is 25.0 Å². The molecule has 0 aliphatic heterocycles. The van der Waals surface area contributed by atoms with E-state index in [1.54, 1.807) is 26.8 Å². The van der Waals surface area contributed by atoms with Crippen molar-refractivity contribution in [3.8, 4) is 5.75 Å². The molecule has 0 bridgehead atoms. The Hall–Kier alpha value is -2.11. The maximum Gasteiger partial charge on any atom is 0.333 e. The van der Waals surface area contributed by atoms with E-state index in [-0.39, 0.29) is 16.9 Å². The Bertz CT molecular complexity index is 690. The molecule has 0 aromatic heterocycles. The van der Waals surface area contributed by atoms with E-state index in [9.17, 15) is 14.0 Å². The lowest BCUT2D eigenvalue weighted by Crippen LogP contribution is -2.41. The molecule has 1 aromatic carbocycles. The molecular formula is C21H30FNO4. The Kier molecular flexibility index (Phi) is 6.50. The Labute approximate surface area is 160 Å². The predicted molar refractivity (Wildman–Crippen MR) is 101 cm³/mol. The van der Waals surface area contributed by atoms with Gasteiger partial charge in [0.2, 0.25) is 5.91 Å². The second kappa shape index (κ2) is 8.28. The van der Waals surface area contributed by atoms with Gasteiger partial charge in [0.25, 0.3) is 0 Å². The van der Waals surface area contributed by atoms with E-state index in [1.807, 2.05) is 0 Å². The zero-order chi connectivity index (χ0) is 20.2. The average Bonchev–Trinajstić information content (AvgIpc) is 3.03. The van der Waals surface area contributed by atoms with Crippen LogP contribution in [0.4, 0.5) is 4.39 Å². The Morgan fingerprint density at radius 2 is 1.89 bits per heavy atom. The van der Waals surface area contributed by atoms with Gasteiger partial charge in [-0.3, -0.25) is 4.79 Å². The number of benzene rings is 1. The first-order valence-electron chi connectivity index (χ1n) is 9.37. The topological polar surface area (TPSA) is 64.6 Å². The van der Waals surface area contributed by atoms with Crippen molar-refractivity contribution in [3.63, 3.8) is 0 Å². The van der Waals surface area contributed by atoms with Crippen molar-refractivity contribution < 1.29 is 23.5 Å². The fourth-order valence-corrected chi connectivity index (χ4v) is 3.19. The highest BCUT2D eigenvalue weighted by molar-refractivity contribution is 5.88. The van der Waals surface area contributed by atoms with Gasteiger partial charge in [0, 0.05) is 22.5 Å². The molecule has 0 heterocycles. The van der Waals surface area contributed by atoms with Crippen molar-refractivity contribution in [2.24, 2.45) is 10.8 Å². The first-order chi connectivity index (χ1) is 12.6. The monoisotopic (exact) mass is 379 g/mol. The van der Waals surface area contributed by atoms with Gasteiger partial charge in [0.1, 0.15) is 11.6 Å². The van der Waals surface area contributed by atoms with Crippen LogP contribution in [0.25, 0.3) is 0 Å². The van der Waals surface area contributed by atoms with Crippen molar-refractivity contribution in [2.45, 2.75) is 59.4 Å². The number of amides is 1. The number of halogens is 1. The van der Waals surface area contributed by atoms with Gasteiger partial charge in [0.05, 0.1) is 13.7 Å². The number of ether oxygens (including phenoxy) is 2. The second-order valence-corrected chi connectivity index (χ2v) is 8.67. The number of esters is 1. The number of nitrogens with one attached hydrogen (secondary N) is 1. The van der Waals surface area contributed by atoms with Crippen molar-refractivity contribution in [1.82, 2.24) is 5.32 Å². The predicted octanol–water partition coefficient (Wildman–Crippen LogP) is 4.16. The van der Waals surface area contributed by atoms with Crippen LogP contribution < -0.4 is 10.1 Å². The first-order valence-corrected chi connectivity index (χ1v) is 9.37. The molecule has 1 fully saturated rings. The quantitative estimate of drug-likeness (QED) is 0.754. The molecule has 0 saturated heterocycles. The van der Waals surface area contributed by atoms with E-state index in [4.69, 9.17) is 9.47 Å². The van der Waals surface area contributed by atoms with Crippen LogP contribution in [-0.2, 0) is 14.3 Å². The minimum Gasteiger partial charge on any atom is -0.493 e. The standard InChI is InChI=1S/C21H30FNO4/c1-20(2,3)19(25)23-17(18(24)26-5)15-9-8-14(12-16(15)22)27-13-21(4)10-6-7-11-21/h8-9,12,17H,6-7,10-11,13H2,1-5H3,(H,23,25). The zero-order valence-corrected chi connectivity index (χ0v) is 16.9. The summed E-state index contributed by atoms with van der Waals surface area (Å²) in [6.07, 6.45) is 4.61. The fraction of sp³-hybridized carbons (Fsp3) is 0.619. The molecule has 1 atom stereocenters. The van der Waals surface area contributed by atoms with Gasteiger partial charge in [0.15, 0.2) is 6.04 Å². The lowest BCUT2D eigenvalue weighted by Gasteiger charge is -2.25. The van der Waals surface area contributed by atoms with Crippen molar-refractivity contribution >= 4 is 11.9 Å². The summed E-state index contributed by atoms with van der Waals surface area (Å²) < 4.78 is 25.2. The molecule has 150 valence electrons. The zero-order valence-electron chi connectivity index (χ0n) is 16.9. The maximum absolute atomic E-state index is 14.7. The van der Waals surface area contributed by atoms with E-state index in [1.165, 1.54) is 32.1 Å². The summed E-state index contributed by atoms with van der Waals surface area (Å²) in [5, 5.41) is 2.57. The van der Waals surface area contributed by atoms with Gasteiger partial charge in [-0.1, -0.05) is 40.5 Å². The third-order valence-corrected chi connectivity index (χ3v) is 5.07. The summed E-state index contributed by atoms with van der Waals surface area (Å²) >= 11 is 0. The van der Waals surface area contributed by atoms with Gasteiger partial charge in [-0.2, -0.15) is 0 Å². The Morgan fingerprint density at radius 1 is 1.26 bits per heavy atom. The van der Waals surface area contributed by atoms with Crippen LogP contribution in [0, 0.1) is 16.6 Å². The lowest BCUT2D eigenvalue weighted by molar-refractivity contribution is -0.146. The number of hydrogen-bond acceptors (Lipinski definition) is 4. The number of rotatable bonds is 6. The van der Waals surface area contributed by atoms with Crippen molar-refractivity contribution in [3.05, 3.63) is 29.6 Å². The third-order valence-electron chi connectivity index (χ3n) is 5.07. The Morgan fingerprint density at radius 3 is 2.41 bits per heavy atom. The van der Waals surface area contributed by atoms with Crippen LogP contribution in [0.1, 0.15) is 65.0 Å². The highest BCUT2D eigenvalue weighted by atomic mass is 19.1. The first kappa shape index (κ1) is 21.2. The lowest BCUT2D eigenvalue weighted by atomic mass is 9.90. The molecule has 6 heteroatoms. The molecule has 1 amide bonds. The van der Waals surface area contributed by atoms with Gasteiger partial charge in [-0.15, -0.1) is 0 Å². The summed E-state index contributed by atoms with van der Waals surface area (Å²) in [5.41, 5.74) is -0.536. The van der Waals surface area contributed by atoms with Crippen LogP contribution in [-0.4, -0.2) is 25.6 Å². The summed E-state index contributed by atoms with van der Waals surface area (Å²) in [6, 6.07) is 3.14. The van der Waals surface area contributed by atoms with E-state index in [0.29, 0.717) is 12.4 Å². The van der Waals surface area contributed by atoms with E-state index in [2.05, 4.69) is 12.2 Å². The third kappa shape index (κ3) is 5.44. The summed E-state index contributed by atoms with van der Waals surface area (Å²) in [5.74, 6) is -1.30. The molecule has 1 aliphatic rings. The number of methoxy groups -OCH3 is 1. The summed E-state index contributed by atoms with van der Waals surface area (Å²) in [6.45, 7) is 7.86. The van der Waals surface area contributed by atoms with Crippen LogP contribution >= 0.6 is 0 Å². The second-order valence-electron chi connectivity index (χ2n) is 8.67. The molecule has 27 heavy (non-hydrogen) atoms. The summed E-state index contributed by atoms with van der Waals surface area (Å²) in [7, 11) is 1.20. The highest BCUT2D eigenvalue weighted by Gasteiger charge is 2.32. The smallest absolute Gasteiger partial charge is 0.333 e. The molecule has 1 unspecified atom stereocenters. The molecule has 1 aromatic rings. The van der Waals surface area contributed by atoms with Crippen LogP contribution in [0.2, 0.25) is 0 Å². The Balaban J connectivity index is 2.16. The largest absolute Gasteiger partial charge is 0.493 e. The van der Waals surface area contributed by atoms with E-state index in [0.717, 1.165) is 12.8 Å². The van der Waals surface area contributed by atoms with Crippen LogP contribution in [0.3, 0.4) is 0 Å². The van der Waals surface area contributed by atoms with E-state index >= 15 is 0 Å². The molecule has 1 aliphatic carbocycles. The van der Waals surface area contributed by atoms with Crippen LogP contribution in [0.5, 0.6) is 5.75 Å². The number of carbonyl (C=O) groups is 2. The molecule has 0 radical (unpaired) electrons. The fourth-order valence-electron chi connectivity index (χ4n) is 3.19. The molecular weight excluding hydrogens is 349 g/mol. The number of carbonyl (C=O) groups excluding carboxylic acids is 2. The van der Waals surface area contributed by atoms with Gasteiger partial charge < -0.3 is 14.8 Å². The average molecular weight is 379 g/mol. The summed E-state index contributed by atoms with van der Waals surface area (Å²) in [4.78, 5) is 24.4. The number of hydrogen-bond donors (Lipinski definition) is 1. The van der Waals surface area contributed by atoms with Crippen molar-refractivity contribution in [1.29, 1.82) is 0 Å². The van der Waals surface area contributed by atoms with Crippen molar-refractivity contribution in [2.75, 3.05) is 13.7 Å². The van der Waals surface area contributed by atoms with Gasteiger partial charge in [-0.25, -0.2) is 9.18 Å². The SMILES string of the molecule is COC(=O)C(NC(=O)C(C)(C)C)c1ccc(OCC2(C)CCCC2)cc1F. The maximum atomic E-state index is 14.7. The minimum atomic E-state index is -1.21. The van der Waals surface area contributed by atoms with Crippen LogP contribution in [0.15, 0.2) is 18.2 Å². The molecule has 0 spiro atoms. The van der Waals surface area contributed by atoms with Gasteiger partial charge >= 0.3 is 5.97 Å². The molecule has 1 N–H and O–H groups in total. The highest BCUT2D eigenvalue weighted by Crippen LogP contribution is 2.38. The molecule has 5 nitrogen and oxygen atoms in total.